The normalized spacial score (nSPS) is 19.6. The van der Waals surface area contributed by atoms with Gasteiger partial charge in [-0.1, -0.05) is 54.9 Å². The van der Waals surface area contributed by atoms with E-state index in [0.717, 1.165) is 30.8 Å². The largest absolute Gasteiger partial charge is 0.463 e. The lowest BCUT2D eigenvalue weighted by Crippen LogP contribution is -2.43. The van der Waals surface area contributed by atoms with Crippen LogP contribution in [0.1, 0.15) is 45.2 Å². The summed E-state index contributed by atoms with van der Waals surface area (Å²) in [5.41, 5.74) is 1.66. The van der Waals surface area contributed by atoms with Gasteiger partial charge in [0.05, 0.1) is 25.4 Å². The number of unbranched alkanes of at least 4 members (excludes halogenated alkanes) is 1. The van der Waals surface area contributed by atoms with Crippen molar-refractivity contribution in [2.24, 2.45) is 4.99 Å². The number of nitrogens with one attached hydrogen (secondary N) is 1. The van der Waals surface area contributed by atoms with Crippen molar-refractivity contribution in [2.45, 2.75) is 39.7 Å². The third-order valence-electron chi connectivity index (χ3n) is 5.55. The van der Waals surface area contributed by atoms with Crippen LogP contribution in [0.4, 0.5) is 4.39 Å². The van der Waals surface area contributed by atoms with Crippen LogP contribution in [0.15, 0.2) is 56.9 Å². The van der Waals surface area contributed by atoms with Crippen molar-refractivity contribution in [3.8, 4) is 0 Å². The Kier molecular flexibility index (Phi) is 10.8. The molecule has 1 atom stereocenters. The minimum absolute atomic E-state index is 0.215. The zero-order valence-corrected chi connectivity index (χ0v) is 22.1. The van der Waals surface area contributed by atoms with E-state index in [1.54, 1.807) is 24.8 Å². The molecular weight excluding hydrogens is 489 g/mol. The number of amidine groups is 1. The fourth-order valence-corrected chi connectivity index (χ4v) is 4.83. The second-order valence-corrected chi connectivity index (χ2v) is 9.47. The van der Waals surface area contributed by atoms with E-state index in [0.29, 0.717) is 42.4 Å². The number of carbonyl (C=O) groups is 1. The lowest BCUT2D eigenvalue weighted by atomic mass is 9.95. The van der Waals surface area contributed by atoms with Crippen molar-refractivity contribution in [1.82, 2.24) is 10.2 Å². The number of carbonyl (C=O) groups excluding carboxylic acids is 1. The molecule has 2 heterocycles. The quantitative estimate of drug-likeness (QED) is 0.403. The minimum Gasteiger partial charge on any atom is -0.463 e. The van der Waals surface area contributed by atoms with Crippen LogP contribution in [0.25, 0.3) is 0 Å². The minimum atomic E-state index is -0.731. The third kappa shape index (κ3) is 7.43. The highest BCUT2D eigenvalue weighted by Crippen LogP contribution is 2.38. The zero-order valence-electron chi connectivity index (χ0n) is 20.5. The summed E-state index contributed by atoms with van der Waals surface area (Å²) >= 11 is 8.04. The molecule has 0 aromatic heterocycles. The molecule has 3 rings (SSSR count). The highest BCUT2D eigenvalue weighted by molar-refractivity contribution is 8.06. The number of benzene rings is 1. The predicted molar refractivity (Wildman–Crippen MR) is 141 cm³/mol. The van der Waals surface area contributed by atoms with Crippen molar-refractivity contribution in [1.29, 1.82) is 0 Å². The van der Waals surface area contributed by atoms with Gasteiger partial charge in [0.1, 0.15) is 17.7 Å². The number of allylic oxidation sites excluding steroid dienone is 2. The Morgan fingerprint density at radius 1 is 1.37 bits per heavy atom. The smallest absolute Gasteiger partial charge is 0.338 e. The fourth-order valence-electron chi connectivity index (χ4n) is 3.84. The Balaban J connectivity index is 2.14. The number of aliphatic imine (C=N–C) groups is 1. The molecule has 9 heteroatoms. The van der Waals surface area contributed by atoms with Gasteiger partial charge in [0.2, 0.25) is 0 Å². The molecule has 0 aliphatic carbocycles. The Morgan fingerprint density at radius 2 is 2.14 bits per heavy atom. The second kappa shape index (κ2) is 13.8. The summed E-state index contributed by atoms with van der Waals surface area (Å²) in [5, 5.41) is 5.66. The molecule has 35 heavy (non-hydrogen) atoms. The Hall–Kier alpha value is -2.13. The van der Waals surface area contributed by atoms with E-state index >= 15 is 0 Å². The summed E-state index contributed by atoms with van der Waals surface area (Å²) in [6, 6.07) is 3.45. The third-order valence-corrected chi connectivity index (χ3v) is 6.90. The van der Waals surface area contributed by atoms with Crippen LogP contribution in [-0.4, -0.2) is 56.2 Å². The first-order valence-corrected chi connectivity index (χ1v) is 13.2. The molecule has 1 N–H and O–H groups in total. The number of morpholine rings is 1. The highest BCUT2D eigenvalue weighted by atomic mass is 35.5. The number of ether oxygens (including phenoxy) is 2. The number of hydrogen-bond acceptors (Lipinski definition) is 7. The first-order chi connectivity index (χ1) is 17.0. The number of esters is 1. The molecule has 0 saturated carbocycles. The summed E-state index contributed by atoms with van der Waals surface area (Å²) < 4.78 is 24.8. The summed E-state index contributed by atoms with van der Waals surface area (Å²) in [6.07, 6.45) is 5.99. The topological polar surface area (TPSA) is 63.2 Å². The van der Waals surface area contributed by atoms with E-state index in [2.05, 4.69) is 23.2 Å². The van der Waals surface area contributed by atoms with Gasteiger partial charge in [-0.05, 0) is 37.8 Å². The van der Waals surface area contributed by atoms with Crippen molar-refractivity contribution in [3.63, 3.8) is 0 Å². The molecule has 0 unspecified atom stereocenters. The van der Waals surface area contributed by atoms with Gasteiger partial charge in [-0.15, -0.1) is 0 Å². The Morgan fingerprint density at radius 3 is 2.80 bits per heavy atom. The van der Waals surface area contributed by atoms with Crippen LogP contribution in [0.2, 0.25) is 5.02 Å². The van der Waals surface area contributed by atoms with E-state index in [1.165, 1.54) is 12.1 Å². The molecular formula is C26H33ClFN3O3S. The maximum atomic E-state index is 13.9. The summed E-state index contributed by atoms with van der Waals surface area (Å²) in [6.45, 7) is 9.35. The molecule has 0 bridgehead atoms. The average Bonchev–Trinajstić information content (AvgIpc) is 2.84. The summed E-state index contributed by atoms with van der Waals surface area (Å²) in [5.74, 6) is -0.251. The summed E-state index contributed by atoms with van der Waals surface area (Å²) in [4.78, 5) is 21.4. The standard InChI is InChI=1S/C26H33ClFN3O3S/c1-4-7-8-22(35-15-5-2)25-29-21(17-31-11-13-33-14-12-31)23(26(32)34-6-3)24(30-25)19-10-9-18(28)16-20(19)27/h5,8-10,15-16,24H,4,6-7,11-14,17H2,1-3H3,(H,29,30)/b15-5-,22-8+/t24-/m0/s1. The number of halogens is 2. The van der Waals surface area contributed by atoms with Gasteiger partial charge < -0.3 is 14.8 Å². The van der Waals surface area contributed by atoms with Crippen LogP contribution in [0.3, 0.4) is 0 Å². The number of thioether (sulfide) groups is 1. The lowest BCUT2D eigenvalue weighted by Gasteiger charge is -2.33. The zero-order chi connectivity index (χ0) is 25.2. The molecule has 1 fully saturated rings. The van der Waals surface area contributed by atoms with Crippen LogP contribution in [0.5, 0.6) is 0 Å². The van der Waals surface area contributed by atoms with Gasteiger partial charge >= 0.3 is 5.97 Å². The summed E-state index contributed by atoms with van der Waals surface area (Å²) in [7, 11) is 0. The molecule has 1 saturated heterocycles. The molecule has 190 valence electrons. The predicted octanol–water partition coefficient (Wildman–Crippen LogP) is 5.62. The first kappa shape index (κ1) is 27.5. The number of hydrogen-bond donors (Lipinski definition) is 1. The van der Waals surface area contributed by atoms with E-state index in [-0.39, 0.29) is 11.6 Å². The molecule has 2 aliphatic heterocycles. The SMILES string of the molecule is C/C=C\S/C(=C/CCC)C1=N[C@@H](c2ccc(F)cc2Cl)C(C(=O)OCC)=C(CN2CCOCC2)N1. The van der Waals surface area contributed by atoms with Crippen LogP contribution >= 0.6 is 23.4 Å². The van der Waals surface area contributed by atoms with Gasteiger partial charge in [0.15, 0.2) is 0 Å². The number of nitrogens with zero attached hydrogens (tertiary/aromatic N) is 2. The molecule has 1 aromatic rings. The van der Waals surface area contributed by atoms with Gasteiger partial charge in [-0.3, -0.25) is 9.89 Å². The van der Waals surface area contributed by atoms with E-state index in [9.17, 15) is 9.18 Å². The lowest BCUT2D eigenvalue weighted by molar-refractivity contribution is -0.139. The molecule has 2 aliphatic rings. The van der Waals surface area contributed by atoms with Crippen LogP contribution in [0, 0.1) is 5.82 Å². The molecule has 0 amide bonds. The van der Waals surface area contributed by atoms with E-state index < -0.39 is 17.8 Å². The molecule has 1 aromatic carbocycles. The Labute approximate surface area is 216 Å². The van der Waals surface area contributed by atoms with Crippen molar-refractivity contribution in [2.75, 3.05) is 39.5 Å². The van der Waals surface area contributed by atoms with Gasteiger partial charge in [0, 0.05) is 40.8 Å². The highest BCUT2D eigenvalue weighted by Gasteiger charge is 2.34. The van der Waals surface area contributed by atoms with Gasteiger partial charge in [-0.2, -0.15) is 0 Å². The van der Waals surface area contributed by atoms with Crippen molar-refractivity contribution < 1.29 is 18.7 Å². The molecule has 0 radical (unpaired) electrons. The Bertz CT molecular complexity index is 1020. The van der Waals surface area contributed by atoms with E-state index in [4.69, 9.17) is 26.1 Å². The second-order valence-electron chi connectivity index (χ2n) is 8.12. The van der Waals surface area contributed by atoms with E-state index in [1.807, 2.05) is 18.4 Å². The monoisotopic (exact) mass is 521 g/mol. The van der Waals surface area contributed by atoms with Gasteiger partial charge in [0.25, 0.3) is 0 Å². The maximum absolute atomic E-state index is 13.9. The molecule has 0 spiro atoms. The van der Waals surface area contributed by atoms with Crippen LogP contribution < -0.4 is 5.32 Å². The average molecular weight is 522 g/mol. The maximum Gasteiger partial charge on any atom is 0.338 e. The van der Waals surface area contributed by atoms with Crippen LogP contribution in [-0.2, 0) is 14.3 Å². The van der Waals surface area contributed by atoms with Gasteiger partial charge in [-0.25, -0.2) is 9.18 Å². The number of rotatable bonds is 10. The first-order valence-electron chi connectivity index (χ1n) is 12.0. The fraction of sp³-hybridized carbons (Fsp3) is 0.462. The van der Waals surface area contributed by atoms with Crippen molar-refractivity contribution >= 4 is 35.2 Å². The molecule has 6 nitrogen and oxygen atoms in total. The van der Waals surface area contributed by atoms with Crippen molar-refractivity contribution in [3.05, 3.63) is 68.3 Å².